The van der Waals surface area contributed by atoms with E-state index in [1.807, 2.05) is 13.0 Å². The highest BCUT2D eigenvalue weighted by atomic mass is 16.3. The lowest BCUT2D eigenvalue weighted by Gasteiger charge is -2.11. The quantitative estimate of drug-likeness (QED) is 0.741. The second-order valence-electron chi connectivity index (χ2n) is 3.49. The molecule has 2 N–H and O–H groups in total. The molecule has 1 aromatic heterocycles. The van der Waals surface area contributed by atoms with Crippen molar-refractivity contribution in [3.05, 3.63) is 18.1 Å². The van der Waals surface area contributed by atoms with E-state index in [4.69, 9.17) is 5.11 Å². The average molecular weight is 195 g/mol. The van der Waals surface area contributed by atoms with Crippen LogP contribution in [0.1, 0.15) is 19.2 Å². The molecule has 0 saturated heterocycles. The minimum absolute atomic E-state index is 0.242. The highest BCUT2D eigenvalue weighted by molar-refractivity contribution is 5.32. The van der Waals surface area contributed by atoms with Crippen molar-refractivity contribution in [1.29, 1.82) is 0 Å². The molecule has 0 aliphatic heterocycles. The van der Waals surface area contributed by atoms with E-state index in [9.17, 15) is 0 Å². The molecule has 1 unspecified atom stereocenters. The normalized spacial score (nSPS) is 12.5. The number of hydrogen-bond acceptors (Lipinski definition) is 4. The van der Waals surface area contributed by atoms with Crippen LogP contribution in [0.25, 0.3) is 0 Å². The molecule has 0 radical (unpaired) electrons. The molecule has 4 nitrogen and oxygen atoms in total. The van der Waals surface area contributed by atoms with Crippen molar-refractivity contribution < 1.29 is 5.11 Å². The van der Waals surface area contributed by atoms with Crippen molar-refractivity contribution >= 4 is 5.82 Å². The molecule has 1 rings (SSSR count). The third kappa shape index (κ3) is 3.70. The maximum absolute atomic E-state index is 8.72. The van der Waals surface area contributed by atoms with E-state index in [0.29, 0.717) is 5.92 Å². The van der Waals surface area contributed by atoms with Gasteiger partial charge in [-0.15, -0.1) is 0 Å². The molecule has 0 aliphatic rings. The van der Waals surface area contributed by atoms with E-state index in [1.54, 1.807) is 6.20 Å². The van der Waals surface area contributed by atoms with Gasteiger partial charge in [0.15, 0.2) is 0 Å². The number of nitrogens with zero attached hydrogens (tertiary/aromatic N) is 2. The minimum atomic E-state index is 0.242. The predicted octanol–water partition coefficient (Wildman–Crippen LogP) is 1.22. The van der Waals surface area contributed by atoms with Crippen LogP contribution in [-0.4, -0.2) is 28.2 Å². The van der Waals surface area contributed by atoms with Gasteiger partial charge in [-0.3, -0.25) is 0 Å². The van der Waals surface area contributed by atoms with Crippen molar-refractivity contribution in [3.8, 4) is 0 Å². The Morgan fingerprint density at radius 3 is 3.00 bits per heavy atom. The number of aliphatic hydroxyl groups is 1. The van der Waals surface area contributed by atoms with Crippen LogP contribution in [0.2, 0.25) is 0 Å². The van der Waals surface area contributed by atoms with E-state index < -0.39 is 0 Å². The number of nitrogens with one attached hydrogen (secondary N) is 1. The third-order valence-electron chi connectivity index (χ3n) is 2.03. The molecule has 1 aromatic rings. The second kappa shape index (κ2) is 5.54. The van der Waals surface area contributed by atoms with E-state index in [-0.39, 0.29) is 6.61 Å². The van der Waals surface area contributed by atoms with E-state index in [2.05, 4.69) is 22.2 Å². The SMILES string of the molecule is Cc1nccc(NCC(C)CCO)n1. The van der Waals surface area contributed by atoms with Crippen molar-refractivity contribution in [2.75, 3.05) is 18.5 Å². The molecular formula is C10H17N3O. The largest absolute Gasteiger partial charge is 0.396 e. The zero-order chi connectivity index (χ0) is 10.4. The Hall–Kier alpha value is -1.16. The standard InChI is InChI=1S/C10H17N3O/c1-8(4-6-14)7-12-10-3-5-11-9(2)13-10/h3,5,8,14H,4,6-7H2,1-2H3,(H,11,12,13). The molecule has 0 aromatic carbocycles. The molecule has 1 heterocycles. The van der Waals surface area contributed by atoms with Gasteiger partial charge in [0.1, 0.15) is 11.6 Å². The van der Waals surface area contributed by atoms with Crippen LogP contribution in [0.3, 0.4) is 0 Å². The van der Waals surface area contributed by atoms with Gasteiger partial charge in [0, 0.05) is 19.3 Å². The summed E-state index contributed by atoms with van der Waals surface area (Å²) in [6.45, 7) is 5.03. The molecule has 0 aliphatic carbocycles. The highest BCUT2D eigenvalue weighted by Gasteiger charge is 2.01. The van der Waals surface area contributed by atoms with Gasteiger partial charge in [-0.1, -0.05) is 6.92 Å². The summed E-state index contributed by atoms with van der Waals surface area (Å²) >= 11 is 0. The smallest absolute Gasteiger partial charge is 0.129 e. The molecule has 78 valence electrons. The lowest BCUT2D eigenvalue weighted by molar-refractivity contribution is 0.266. The maximum atomic E-state index is 8.72. The molecule has 14 heavy (non-hydrogen) atoms. The summed E-state index contributed by atoms with van der Waals surface area (Å²) in [6, 6.07) is 1.85. The van der Waals surface area contributed by atoms with Crippen molar-refractivity contribution in [3.63, 3.8) is 0 Å². The van der Waals surface area contributed by atoms with Crippen LogP contribution >= 0.6 is 0 Å². The first-order chi connectivity index (χ1) is 6.72. The van der Waals surface area contributed by atoms with Crippen molar-refractivity contribution in [2.45, 2.75) is 20.3 Å². The Kier molecular flexibility index (Phi) is 4.32. The summed E-state index contributed by atoms with van der Waals surface area (Å²) in [6.07, 6.45) is 2.55. The molecule has 0 spiro atoms. The van der Waals surface area contributed by atoms with Crippen LogP contribution in [-0.2, 0) is 0 Å². The number of aliphatic hydroxyl groups excluding tert-OH is 1. The van der Waals surface area contributed by atoms with Gasteiger partial charge in [0.05, 0.1) is 0 Å². The first-order valence-electron chi connectivity index (χ1n) is 4.86. The summed E-state index contributed by atoms with van der Waals surface area (Å²) in [7, 11) is 0. The Balaban J connectivity index is 2.37. The average Bonchev–Trinajstić information content (AvgIpc) is 2.15. The Morgan fingerprint density at radius 1 is 1.57 bits per heavy atom. The summed E-state index contributed by atoms with van der Waals surface area (Å²) in [5, 5.41) is 11.9. The Bertz CT molecular complexity index is 278. The lowest BCUT2D eigenvalue weighted by atomic mass is 10.1. The summed E-state index contributed by atoms with van der Waals surface area (Å²) in [4.78, 5) is 8.23. The first kappa shape index (κ1) is 10.9. The molecule has 1 atom stereocenters. The Morgan fingerprint density at radius 2 is 2.36 bits per heavy atom. The van der Waals surface area contributed by atoms with Crippen molar-refractivity contribution in [2.24, 2.45) is 5.92 Å². The van der Waals surface area contributed by atoms with Crippen LogP contribution in [0.15, 0.2) is 12.3 Å². The molecular weight excluding hydrogens is 178 g/mol. The number of anilines is 1. The fourth-order valence-electron chi connectivity index (χ4n) is 1.16. The first-order valence-corrected chi connectivity index (χ1v) is 4.86. The Labute approximate surface area is 84.4 Å². The van der Waals surface area contributed by atoms with Gasteiger partial charge in [-0.25, -0.2) is 9.97 Å². The molecule has 0 amide bonds. The zero-order valence-electron chi connectivity index (χ0n) is 8.70. The van der Waals surface area contributed by atoms with Gasteiger partial charge < -0.3 is 10.4 Å². The second-order valence-corrected chi connectivity index (χ2v) is 3.49. The van der Waals surface area contributed by atoms with Crippen molar-refractivity contribution in [1.82, 2.24) is 9.97 Å². The number of rotatable bonds is 5. The summed E-state index contributed by atoms with van der Waals surface area (Å²) in [5.74, 6) is 2.07. The van der Waals surface area contributed by atoms with Crippen LogP contribution < -0.4 is 5.32 Å². The molecule has 0 bridgehead atoms. The van der Waals surface area contributed by atoms with Crippen LogP contribution in [0, 0.1) is 12.8 Å². The van der Waals surface area contributed by atoms with Crippen LogP contribution in [0.4, 0.5) is 5.82 Å². The van der Waals surface area contributed by atoms with Gasteiger partial charge >= 0.3 is 0 Å². The molecule has 0 saturated carbocycles. The third-order valence-corrected chi connectivity index (χ3v) is 2.03. The van der Waals surface area contributed by atoms with E-state index in [0.717, 1.165) is 24.6 Å². The van der Waals surface area contributed by atoms with Gasteiger partial charge in [-0.2, -0.15) is 0 Å². The highest BCUT2D eigenvalue weighted by Crippen LogP contribution is 2.05. The summed E-state index contributed by atoms with van der Waals surface area (Å²) in [5.41, 5.74) is 0. The fourth-order valence-corrected chi connectivity index (χ4v) is 1.16. The van der Waals surface area contributed by atoms with E-state index >= 15 is 0 Å². The minimum Gasteiger partial charge on any atom is -0.396 e. The number of aryl methyl sites for hydroxylation is 1. The zero-order valence-corrected chi connectivity index (χ0v) is 8.70. The lowest BCUT2D eigenvalue weighted by Crippen LogP contribution is -2.13. The fraction of sp³-hybridized carbons (Fsp3) is 0.600. The maximum Gasteiger partial charge on any atom is 0.129 e. The monoisotopic (exact) mass is 195 g/mol. The summed E-state index contributed by atoms with van der Waals surface area (Å²) < 4.78 is 0. The topological polar surface area (TPSA) is 58.0 Å². The van der Waals surface area contributed by atoms with Gasteiger partial charge in [0.2, 0.25) is 0 Å². The number of hydrogen-bond donors (Lipinski definition) is 2. The van der Waals surface area contributed by atoms with Gasteiger partial charge in [0.25, 0.3) is 0 Å². The van der Waals surface area contributed by atoms with Crippen LogP contribution in [0.5, 0.6) is 0 Å². The molecule has 0 fully saturated rings. The van der Waals surface area contributed by atoms with E-state index in [1.165, 1.54) is 0 Å². The number of aromatic nitrogens is 2. The molecule has 4 heteroatoms. The van der Waals surface area contributed by atoms with Gasteiger partial charge in [-0.05, 0) is 25.3 Å². The predicted molar refractivity (Wildman–Crippen MR) is 56.1 cm³/mol.